The second-order valence-electron chi connectivity index (χ2n) is 6.15. The highest BCUT2D eigenvalue weighted by molar-refractivity contribution is 7.93. The van der Waals surface area contributed by atoms with E-state index in [1.54, 1.807) is 0 Å². The highest BCUT2D eigenvalue weighted by Gasteiger charge is 2.31. The predicted molar refractivity (Wildman–Crippen MR) is 93.1 cm³/mol. The number of rotatable bonds is 4. The Morgan fingerprint density at radius 1 is 1.07 bits per heavy atom. The summed E-state index contributed by atoms with van der Waals surface area (Å²) in [6.07, 6.45) is -4.59. The van der Waals surface area contributed by atoms with Gasteiger partial charge in [0.1, 0.15) is 9.81 Å². The first-order valence-electron chi connectivity index (χ1n) is 7.57. The largest absolute Gasteiger partial charge is 0.416 e. The molecule has 3 N–H and O–H groups in total. The summed E-state index contributed by atoms with van der Waals surface area (Å²) in [6.45, 7) is 2.40. The van der Waals surface area contributed by atoms with Crippen LogP contribution in [0.15, 0.2) is 44.8 Å². The zero-order valence-electron chi connectivity index (χ0n) is 14.5. The van der Waals surface area contributed by atoms with Crippen molar-refractivity contribution in [3.63, 3.8) is 0 Å². The molecule has 2 aromatic rings. The normalized spacial score (nSPS) is 12.5. The van der Waals surface area contributed by atoms with Crippen LogP contribution in [0.4, 0.5) is 13.2 Å². The van der Waals surface area contributed by atoms with Crippen LogP contribution in [0.3, 0.4) is 0 Å². The molecule has 0 saturated heterocycles. The van der Waals surface area contributed by atoms with Crippen molar-refractivity contribution in [2.24, 2.45) is 0 Å². The number of alkyl halides is 3. The summed E-state index contributed by atoms with van der Waals surface area (Å²) in [4.78, 5) is 23.1. The Bertz CT molecular complexity index is 991. The van der Waals surface area contributed by atoms with Crippen molar-refractivity contribution in [1.29, 1.82) is 0 Å². The molecule has 0 spiro atoms. The molecule has 2 rings (SSSR count). The van der Waals surface area contributed by atoms with E-state index in [2.05, 4.69) is 0 Å². The number of benzene rings is 1. The lowest BCUT2D eigenvalue weighted by atomic mass is 10.1. The van der Waals surface area contributed by atoms with Crippen LogP contribution in [-0.4, -0.2) is 30.9 Å². The maximum Gasteiger partial charge on any atom is 0.416 e. The van der Waals surface area contributed by atoms with Gasteiger partial charge in [0.25, 0.3) is 11.8 Å². The molecule has 0 fully saturated rings. The van der Waals surface area contributed by atoms with Crippen LogP contribution in [0, 0.1) is 0 Å². The number of carbonyl (C=O) groups excluding carboxylic acids is 2. The number of hydrogen-bond acceptors (Lipinski definition) is 6. The topological polar surface area (TPSA) is 113 Å². The maximum absolute atomic E-state index is 12.6. The third-order valence-electron chi connectivity index (χ3n) is 3.44. The Hall–Kier alpha value is -2.44. The fourth-order valence-electron chi connectivity index (χ4n) is 1.85. The Labute approximate surface area is 162 Å². The maximum atomic E-state index is 12.6. The second-order valence-corrected chi connectivity index (χ2v) is 9.24. The van der Waals surface area contributed by atoms with Crippen LogP contribution in [0.5, 0.6) is 0 Å². The van der Waals surface area contributed by atoms with E-state index in [0.717, 1.165) is 18.2 Å². The summed E-state index contributed by atoms with van der Waals surface area (Å²) in [6, 6.07) is 4.01. The van der Waals surface area contributed by atoms with Gasteiger partial charge < -0.3 is 5.11 Å². The highest BCUT2D eigenvalue weighted by atomic mass is 32.2. The lowest BCUT2D eigenvalue weighted by Crippen LogP contribution is -2.50. The number of sulfone groups is 1. The van der Waals surface area contributed by atoms with Crippen molar-refractivity contribution in [3.8, 4) is 0 Å². The molecule has 0 bridgehead atoms. The van der Waals surface area contributed by atoms with Crippen LogP contribution in [0.1, 0.15) is 29.8 Å². The van der Waals surface area contributed by atoms with E-state index in [0.29, 0.717) is 23.5 Å². The molecule has 12 heteroatoms. The van der Waals surface area contributed by atoms with E-state index < -0.39 is 39.0 Å². The summed E-state index contributed by atoms with van der Waals surface area (Å²) in [5, 5.41) is 10.7. The number of carbonyl (C=O) groups is 2. The van der Waals surface area contributed by atoms with E-state index in [9.17, 15) is 36.3 Å². The SMILES string of the molecule is CC(C)(O)C(=O)NNC(=O)c1csc(S(=O)(=O)c2ccc(C(F)(F)F)cc2)c1. The van der Waals surface area contributed by atoms with E-state index in [4.69, 9.17) is 0 Å². The van der Waals surface area contributed by atoms with Gasteiger partial charge in [0.05, 0.1) is 16.0 Å². The molecule has 0 atom stereocenters. The second kappa shape index (κ2) is 7.53. The molecule has 152 valence electrons. The molecular formula is C16H15F3N2O5S2. The third-order valence-corrected chi connectivity index (χ3v) is 6.65. The van der Waals surface area contributed by atoms with E-state index >= 15 is 0 Å². The van der Waals surface area contributed by atoms with Crippen molar-refractivity contribution in [2.75, 3.05) is 0 Å². The van der Waals surface area contributed by atoms with E-state index in [1.165, 1.54) is 19.2 Å². The summed E-state index contributed by atoms with van der Waals surface area (Å²) in [7, 11) is -4.12. The molecule has 0 unspecified atom stereocenters. The molecule has 1 heterocycles. The molecule has 0 aliphatic rings. The van der Waals surface area contributed by atoms with Gasteiger partial charge in [-0.15, -0.1) is 11.3 Å². The zero-order valence-corrected chi connectivity index (χ0v) is 16.1. The van der Waals surface area contributed by atoms with Crippen molar-refractivity contribution in [2.45, 2.75) is 34.7 Å². The Morgan fingerprint density at radius 3 is 2.14 bits per heavy atom. The van der Waals surface area contributed by atoms with Crippen LogP contribution in [0.2, 0.25) is 0 Å². The molecule has 28 heavy (non-hydrogen) atoms. The molecular weight excluding hydrogens is 421 g/mol. The van der Waals surface area contributed by atoms with Crippen molar-refractivity contribution in [1.82, 2.24) is 10.9 Å². The molecule has 2 amide bonds. The minimum absolute atomic E-state index is 0.0912. The summed E-state index contributed by atoms with van der Waals surface area (Å²) >= 11 is 0.696. The van der Waals surface area contributed by atoms with Gasteiger partial charge in [0.15, 0.2) is 0 Å². The third kappa shape index (κ3) is 4.88. The average Bonchev–Trinajstić information content (AvgIpc) is 3.08. The van der Waals surface area contributed by atoms with E-state index in [-0.39, 0.29) is 14.7 Å². The Balaban J connectivity index is 2.18. The van der Waals surface area contributed by atoms with Crippen molar-refractivity contribution >= 4 is 33.0 Å². The number of hydrazine groups is 1. The lowest BCUT2D eigenvalue weighted by molar-refractivity contribution is -0.138. The number of thiophene rings is 1. The Kier molecular flexibility index (Phi) is 5.87. The molecule has 0 radical (unpaired) electrons. The molecule has 0 aliphatic heterocycles. The molecule has 7 nitrogen and oxygen atoms in total. The van der Waals surface area contributed by atoms with Gasteiger partial charge in [-0.3, -0.25) is 20.4 Å². The fourth-order valence-corrected chi connectivity index (χ4v) is 4.42. The quantitative estimate of drug-likeness (QED) is 0.636. The van der Waals surface area contributed by atoms with Crippen LogP contribution < -0.4 is 10.9 Å². The first-order valence-corrected chi connectivity index (χ1v) is 9.93. The summed E-state index contributed by atoms with van der Waals surface area (Å²) < 4.78 is 62.6. The lowest BCUT2D eigenvalue weighted by Gasteiger charge is -2.16. The predicted octanol–water partition coefficient (Wildman–Crippen LogP) is 2.13. The van der Waals surface area contributed by atoms with Crippen LogP contribution in [-0.2, 0) is 20.8 Å². The monoisotopic (exact) mass is 436 g/mol. The molecule has 1 aromatic heterocycles. The van der Waals surface area contributed by atoms with Crippen molar-refractivity contribution in [3.05, 3.63) is 46.8 Å². The zero-order chi connectivity index (χ0) is 21.3. The highest BCUT2D eigenvalue weighted by Crippen LogP contribution is 2.32. The minimum atomic E-state index is -4.59. The average molecular weight is 436 g/mol. The Morgan fingerprint density at radius 2 is 1.64 bits per heavy atom. The van der Waals surface area contributed by atoms with Gasteiger partial charge in [0.2, 0.25) is 9.84 Å². The fraction of sp³-hybridized carbons (Fsp3) is 0.250. The first-order chi connectivity index (χ1) is 12.7. The van der Waals surface area contributed by atoms with Crippen LogP contribution >= 0.6 is 11.3 Å². The summed E-state index contributed by atoms with van der Waals surface area (Å²) in [5.41, 5.74) is 1.19. The van der Waals surface area contributed by atoms with Crippen LogP contribution in [0.25, 0.3) is 0 Å². The van der Waals surface area contributed by atoms with Gasteiger partial charge in [-0.05, 0) is 44.2 Å². The van der Waals surface area contributed by atoms with Gasteiger partial charge in [0, 0.05) is 5.38 Å². The number of nitrogens with one attached hydrogen (secondary N) is 2. The van der Waals surface area contributed by atoms with E-state index in [1.807, 2.05) is 10.9 Å². The molecule has 0 aliphatic carbocycles. The molecule has 1 aromatic carbocycles. The van der Waals surface area contributed by atoms with Gasteiger partial charge >= 0.3 is 6.18 Å². The standard InChI is InChI=1S/C16H15F3N2O5S2/c1-15(2,24)14(23)21-20-13(22)9-7-12(27-8-9)28(25,26)11-5-3-10(4-6-11)16(17,18)19/h3-8,24H,1-2H3,(H,20,22)(H,21,23). The van der Waals surface area contributed by atoms with Gasteiger partial charge in [-0.1, -0.05) is 0 Å². The smallest absolute Gasteiger partial charge is 0.381 e. The molecule has 0 saturated carbocycles. The first kappa shape index (κ1) is 21.9. The number of halogens is 3. The van der Waals surface area contributed by atoms with Gasteiger partial charge in [-0.2, -0.15) is 13.2 Å². The summed E-state index contributed by atoms with van der Waals surface area (Å²) in [5.74, 6) is -1.71. The number of hydrogen-bond donors (Lipinski definition) is 3. The van der Waals surface area contributed by atoms with Crippen molar-refractivity contribution < 1.29 is 36.3 Å². The number of aliphatic hydroxyl groups is 1. The minimum Gasteiger partial charge on any atom is -0.381 e. The van der Waals surface area contributed by atoms with Gasteiger partial charge in [-0.25, -0.2) is 8.42 Å². The number of amides is 2.